The van der Waals surface area contributed by atoms with Gasteiger partial charge in [0.1, 0.15) is 11.6 Å². The number of halogens is 4. The SMILES string of the molecule is CC1CN([C@H](c2cccc(OS(=O)(=O)C(F)(F)F)c2)c2ccccc2C(=O)N(C)c2cccc(F)c2)[C@@H](C)CN1. The zero-order chi connectivity index (χ0) is 29.2. The number of nitrogens with one attached hydrogen (secondary N) is 1. The topological polar surface area (TPSA) is 79.0 Å². The van der Waals surface area contributed by atoms with Crippen LogP contribution in [0.25, 0.3) is 0 Å². The van der Waals surface area contributed by atoms with Gasteiger partial charge in [-0.3, -0.25) is 9.69 Å². The maximum Gasteiger partial charge on any atom is 0.534 e. The minimum Gasteiger partial charge on any atom is -0.376 e. The average molecular weight is 580 g/mol. The number of piperazine rings is 1. The summed E-state index contributed by atoms with van der Waals surface area (Å²) in [5.74, 6) is -1.43. The molecule has 0 aliphatic carbocycles. The molecule has 0 radical (unpaired) electrons. The fourth-order valence-corrected chi connectivity index (χ4v) is 5.23. The second-order valence-electron chi connectivity index (χ2n) is 9.74. The second kappa shape index (κ2) is 11.6. The molecule has 1 unspecified atom stereocenters. The van der Waals surface area contributed by atoms with Crippen molar-refractivity contribution >= 4 is 21.7 Å². The molecule has 1 heterocycles. The maximum absolute atomic E-state index is 13.9. The Morgan fingerprint density at radius 3 is 2.45 bits per heavy atom. The molecule has 214 valence electrons. The van der Waals surface area contributed by atoms with Gasteiger partial charge in [0.2, 0.25) is 0 Å². The second-order valence-corrected chi connectivity index (χ2v) is 11.3. The Morgan fingerprint density at radius 2 is 1.75 bits per heavy atom. The number of carbonyl (C=O) groups is 1. The van der Waals surface area contributed by atoms with E-state index in [4.69, 9.17) is 0 Å². The zero-order valence-corrected chi connectivity index (χ0v) is 22.8. The molecule has 1 aliphatic heterocycles. The molecule has 3 atom stereocenters. The van der Waals surface area contributed by atoms with Crippen LogP contribution in [0.2, 0.25) is 0 Å². The van der Waals surface area contributed by atoms with E-state index in [1.165, 1.54) is 42.3 Å². The summed E-state index contributed by atoms with van der Waals surface area (Å²) in [5.41, 5.74) is -3.97. The molecule has 3 aromatic carbocycles. The Balaban J connectivity index is 1.82. The quantitative estimate of drug-likeness (QED) is 0.238. The number of alkyl halides is 3. The van der Waals surface area contributed by atoms with E-state index < -0.39 is 39.1 Å². The average Bonchev–Trinajstić information content (AvgIpc) is 2.89. The van der Waals surface area contributed by atoms with Gasteiger partial charge in [0.05, 0.1) is 6.04 Å². The molecule has 0 bridgehead atoms. The Kier molecular flexibility index (Phi) is 8.52. The minimum absolute atomic E-state index is 0.0570. The lowest BCUT2D eigenvalue weighted by atomic mass is 9.90. The number of amides is 1. The first-order chi connectivity index (χ1) is 18.8. The monoisotopic (exact) mass is 579 g/mol. The van der Waals surface area contributed by atoms with E-state index in [0.717, 1.165) is 6.07 Å². The third kappa shape index (κ3) is 6.29. The highest BCUT2D eigenvalue weighted by molar-refractivity contribution is 7.88. The summed E-state index contributed by atoms with van der Waals surface area (Å²) in [5, 5.41) is 3.38. The van der Waals surface area contributed by atoms with Crippen molar-refractivity contribution < 1.29 is 35.0 Å². The molecule has 12 heteroatoms. The van der Waals surface area contributed by atoms with Crippen LogP contribution in [0, 0.1) is 5.82 Å². The Hall–Kier alpha value is -3.48. The molecule has 0 aromatic heterocycles. The molecular weight excluding hydrogens is 550 g/mol. The van der Waals surface area contributed by atoms with Crippen LogP contribution in [0.1, 0.15) is 41.4 Å². The predicted octanol–water partition coefficient (Wildman–Crippen LogP) is 5.10. The summed E-state index contributed by atoms with van der Waals surface area (Å²) >= 11 is 0. The van der Waals surface area contributed by atoms with E-state index in [1.807, 2.05) is 13.8 Å². The highest BCUT2D eigenvalue weighted by atomic mass is 32.2. The molecule has 7 nitrogen and oxygen atoms in total. The van der Waals surface area contributed by atoms with Gasteiger partial charge in [0.15, 0.2) is 0 Å². The van der Waals surface area contributed by atoms with Crippen molar-refractivity contribution in [1.29, 1.82) is 0 Å². The Bertz CT molecular complexity index is 1480. The van der Waals surface area contributed by atoms with Crippen molar-refractivity contribution in [2.24, 2.45) is 0 Å². The van der Waals surface area contributed by atoms with Crippen molar-refractivity contribution in [3.63, 3.8) is 0 Å². The smallest absolute Gasteiger partial charge is 0.376 e. The van der Waals surface area contributed by atoms with E-state index in [1.54, 1.807) is 36.4 Å². The normalized spacial score (nSPS) is 19.2. The number of anilines is 1. The number of rotatable bonds is 7. The Morgan fingerprint density at radius 1 is 1.05 bits per heavy atom. The van der Waals surface area contributed by atoms with Crippen molar-refractivity contribution in [3.8, 4) is 5.75 Å². The predicted molar refractivity (Wildman–Crippen MR) is 143 cm³/mol. The van der Waals surface area contributed by atoms with Gasteiger partial charge in [-0.15, -0.1) is 0 Å². The molecule has 1 N–H and O–H groups in total. The first-order valence-corrected chi connectivity index (χ1v) is 13.9. The van der Waals surface area contributed by atoms with Gasteiger partial charge in [-0.1, -0.05) is 36.4 Å². The molecule has 3 aromatic rings. The van der Waals surface area contributed by atoms with Crippen LogP contribution in [0.5, 0.6) is 5.75 Å². The number of nitrogens with zero attached hydrogens (tertiary/aromatic N) is 2. The van der Waals surface area contributed by atoms with E-state index in [9.17, 15) is 30.8 Å². The first kappa shape index (κ1) is 29.5. The van der Waals surface area contributed by atoms with Crippen molar-refractivity contribution in [2.75, 3.05) is 25.0 Å². The highest BCUT2D eigenvalue weighted by Gasteiger charge is 2.48. The summed E-state index contributed by atoms with van der Waals surface area (Å²) in [6, 6.07) is 17.2. The summed E-state index contributed by atoms with van der Waals surface area (Å²) in [4.78, 5) is 17.2. The van der Waals surface area contributed by atoms with Gasteiger partial charge in [-0.25, -0.2) is 4.39 Å². The lowest BCUT2D eigenvalue weighted by Crippen LogP contribution is -2.55. The summed E-state index contributed by atoms with van der Waals surface area (Å²) in [7, 11) is -4.36. The molecule has 1 fully saturated rings. The summed E-state index contributed by atoms with van der Waals surface area (Å²) < 4.78 is 80.8. The van der Waals surface area contributed by atoms with Crippen LogP contribution in [0.15, 0.2) is 72.8 Å². The fourth-order valence-electron chi connectivity index (χ4n) is 4.78. The van der Waals surface area contributed by atoms with Crippen LogP contribution in [0.4, 0.5) is 23.2 Å². The lowest BCUT2D eigenvalue weighted by molar-refractivity contribution is -0.0500. The molecule has 1 aliphatic rings. The molecule has 0 spiro atoms. The van der Waals surface area contributed by atoms with Gasteiger partial charge in [0, 0.05) is 43.5 Å². The zero-order valence-electron chi connectivity index (χ0n) is 22.0. The molecule has 40 heavy (non-hydrogen) atoms. The molecule has 4 rings (SSSR count). The van der Waals surface area contributed by atoms with Gasteiger partial charge in [-0.05, 0) is 61.4 Å². The van der Waals surface area contributed by atoms with Gasteiger partial charge >= 0.3 is 15.6 Å². The number of hydrogen-bond acceptors (Lipinski definition) is 6. The van der Waals surface area contributed by atoms with Crippen molar-refractivity contribution in [1.82, 2.24) is 10.2 Å². The molecule has 1 saturated heterocycles. The molecule has 1 amide bonds. The van der Waals surface area contributed by atoms with Crippen LogP contribution in [-0.4, -0.2) is 57.0 Å². The Labute approximate surface area is 230 Å². The number of hydrogen-bond donors (Lipinski definition) is 1. The molecule has 0 saturated carbocycles. The summed E-state index contributed by atoms with van der Waals surface area (Å²) in [6.07, 6.45) is 0. The largest absolute Gasteiger partial charge is 0.534 e. The van der Waals surface area contributed by atoms with Crippen LogP contribution >= 0.6 is 0 Å². The van der Waals surface area contributed by atoms with Gasteiger partial charge in [0.25, 0.3) is 5.91 Å². The number of carbonyl (C=O) groups excluding carboxylic acids is 1. The van der Waals surface area contributed by atoms with Crippen LogP contribution in [0.3, 0.4) is 0 Å². The van der Waals surface area contributed by atoms with Crippen molar-refractivity contribution in [3.05, 3.63) is 95.3 Å². The standard InChI is InChI=1S/C28H29F4N3O4S/c1-18-17-35(19(2)16-33-18)26(20-8-6-11-23(14-20)39-40(37,38)28(30,31)32)24-12-4-5-13-25(24)27(36)34(3)22-10-7-9-21(29)15-22/h4-15,18-19,26,33H,16-17H2,1-3H3/t18?,19-,26+/m0/s1. The van der Waals surface area contributed by atoms with Crippen LogP contribution < -0.4 is 14.4 Å². The minimum atomic E-state index is -5.88. The lowest BCUT2D eigenvalue weighted by Gasteiger charge is -2.43. The maximum atomic E-state index is 13.9. The van der Waals surface area contributed by atoms with E-state index in [0.29, 0.717) is 35.5 Å². The first-order valence-electron chi connectivity index (χ1n) is 12.5. The molecular formula is C28H29F4N3O4S. The van der Waals surface area contributed by atoms with Gasteiger partial charge < -0.3 is 14.4 Å². The van der Waals surface area contributed by atoms with Crippen LogP contribution in [-0.2, 0) is 10.1 Å². The van der Waals surface area contributed by atoms with E-state index >= 15 is 0 Å². The highest BCUT2D eigenvalue weighted by Crippen LogP contribution is 2.37. The third-order valence-electron chi connectivity index (χ3n) is 6.79. The van der Waals surface area contributed by atoms with E-state index in [-0.39, 0.29) is 12.1 Å². The van der Waals surface area contributed by atoms with Gasteiger partial charge in [-0.2, -0.15) is 21.6 Å². The fraction of sp³-hybridized carbons (Fsp3) is 0.321. The third-order valence-corrected chi connectivity index (χ3v) is 7.77. The number of benzene rings is 3. The van der Waals surface area contributed by atoms with Crippen molar-refractivity contribution in [2.45, 2.75) is 37.5 Å². The summed E-state index contributed by atoms with van der Waals surface area (Å²) in [6.45, 7) is 5.10. The van der Waals surface area contributed by atoms with E-state index in [2.05, 4.69) is 14.4 Å².